The van der Waals surface area contributed by atoms with Crippen LogP contribution in [0.15, 0.2) is 76.1 Å². The molecule has 3 aromatic carbocycles. The number of phenols is 2. The van der Waals surface area contributed by atoms with Crippen LogP contribution in [0.25, 0.3) is 11.3 Å². The van der Waals surface area contributed by atoms with Gasteiger partial charge >= 0.3 is 0 Å². The number of benzene rings is 3. The Morgan fingerprint density at radius 1 is 1.06 bits per heavy atom. The SMILES string of the molecule is CC(C)c1ccc(N=c2scc(-c3ccc4c(c3)NC(=O)CO4)n2N=Cc2ccc(O)c(O)c2)cc1. The molecule has 8 nitrogen and oxygen atoms in total. The minimum absolute atomic E-state index is 0.00675. The van der Waals surface area contributed by atoms with Gasteiger partial charge in [0.05, 0.1) is 23.3 Å². The highest BCUT2D eigenvalue weighted by Gasteiger charge is 2.18. The number of amides is 1. The number of hydrogen-bond donors (Lipinski definition) is 3. The summed E-state index contributed by atoms with van der Waals surface area (Å²) in [6.45, 7) is 4.29. The molecule has 0 saturated heterocycles. The summed E-state index contributed by atoms with van der Waals surface area (Å²) in [6, 6.07) is 18.1. The minimum Gasteiger partial charge on any atom is -0.504 e. The third-order valence-electron chi connectivity index (χ3n) is 5.70. The number of phenolic OH excluding ortho intramolecular Hbond substituents is 2. The molecule has 0 unspecified atom stereocenters. The Labute approximate surface area is 211 Å². The van der Waals surface area contributed by atoms with Crippen LogP contribution in [-0.4, -0.2) is 33.6 Å². The number of anilines is 1. The summed E-state index contributed by atoms with van der Waals surface area (Å²) >= 11 is 1.43. The maximum Gasteiger partial charge on any atom is 0.262 e. The summed E-state index contributed by atoms with van der Waals surface area (Å²) in [5, 5.41) is 28.9. The number of fused-ring (bicyclic) bond motifs is 1. The van der Waals surface area contributed by atoms with Crippen LogP contribution in [0.2, 0.25) is 0 Å². The molecule has 4 aromatic rings. The monoisotopic (exact) mass is 500 g/mol. The number of hydrogen-bond acceptors (Lipinski definition) is 7. The lowest BCUT2D eigenvalue weighted by atomic mass is 10.0. The molecule has 3 N–H and O–H groups in total. The smallest absolute Gasteiger partial charge is 0.262 e. The number of aromatic hydroxyl groups is 2. The number of rotatable bonds is 5. The summed E-state index contributed by atoms with van der Waals surface area (Å²) in [4.78, 5) is 17.3. The van der Waals surface area contributed by atoms with E-state index in [4.69, 9.17) is 9.73 Å². The van der Waals surface area contributed by atoms with E-state index in [0.29, 0.717) is 27.7 Å². The van der Waals surface area contributed by atoms with Crippen molar-refractivity contribution in [3.05, 3.63) is 82.0 Å². The Morgan fingerprint density at radius 3 is 2.61 bits per heavy atom. The number of carbonyl (C=O) groups excluding carboxylic acids is 1. The zero-order chi connectivity index (χ0) is 25.2. The van der Waals surface area contributed by atoms with Crippen molar-refractivity contribution in [3.8, 4) is 28.5 Å². The molecule has 1 aliphatic heterocycles. The number of nitrogens with one attached hydrogen (secondary N) is 1. The molecule has 1 amide bonds. The summed E-state index contributed by atoms with van der Waals surface area (Å²) in [5.74, 6) is 0.406. The normalized spacial score (nSPS) is 13.6. The Hall–Kier alpha value is -4.37. The molecule has 0 fully saturated rings. The van der Waals surface area contributed by atoms with Gasteiger partial charge in [0.25, 0.3) is 5.91 Å². The molecule has 0 saturated carbocycles. The Morgan fingerprint density at radius 2 is 1.86 bits per heavy atom. The molecule has 0 radical (unpaired) electrons. The highest BCUT2D eigenvalue weighted by atomic mass is 32.1. The Bertz CT molecular complexity index is 1530. The molecular formula is C27H24N4O4S. The number of carbonyl (C=O) groups is 1. The van der Waals surface area contributed by atoms with E-state index in [0.717, 1.165) is 16.9 Å². The molecule has 0 aliphatic carbocycles. The second-order valence-electron chi connectivity index (χ2n) is 8.61. The zero-order valence-corrected chi connectivity index (χ0v) is 20.5. The Kier molecular flexibility index (Phi) is 6.30. The van der Waals surface area contributed by atoms with Crippen molar-refractivity contribution in [2.75, 3.05) is 11.9 Å². The van der Waals surface area contributed by atoms with Crippen molar-refractivity contribution >= 4 is 34.8 Å². The fourth-order valence-corrected chi connectivity index (χ4v) is 4.58. The predicted octanol–water partition coefficient (Wildman–Crippen LogP) is 5.20. The highest BCUT2D eigenvalue weighted by molar-refractivity contribution is 7.07. The maximum atomic E-state index is 11.8. The number of thiazole rings is 1. The van der Waals surface area contributed by atoms with Crippen molar-refractivity contribution in [1.82, 2.24) is 4.68 Å². The van der Waals surface area contributed by atoms with Gasteiger partial charge in [0.15, 0.2) is 18.1 Å². The molecular weight excluding hydrogens is 476 g/mol. The number of aromatic nitrogens is 1. The van der Waals surface area contributed by atoms with Crippen molar-refractivity contribution in [2.45, 2.75) is 19.8 Å². The van der Waals surface area contributed by atoms with Crippen LogP contribution in [0, 0.1) is 0 Å². The van der Waals surface area contributed by atoms with Gasteiger partial charge in [-0.3, -0.25) is 4.79 Å². The van der Waals surface area contributed by atoms with Crippen LogP contribution in [0.3, 0.4) is 0 Å². The van der Waals surface area contributed by atoms with Crippen LogP contribution in [0.5, 0.6) is 17.2 Å². The van der Waals surface area contributed by atoms with Crippen LogP contribution in [0.4, 0.5) is 11.4 Å². The van der Waals surface area contributed by atoms with Crippen LogP contribution in [0.1, 0.15) is 30.9 Å². The fourth-order valence-electron chi connectivity index (χ4n) is 3.72. The molecule has 36 heavy (non-hydrogen) atoms. The molecule has 9 heteroatoms. The molecule has 1 aliphatic rings. The molecule has 182 valence electrons. The lowest BCUT2D eigenvalue weighted by Gasteiger charge is -2.18. The van der Waals surface area contributed by atoms with Gasteiger partial charge in [0.1, 0.15) is 5.75 Å². The van der Waals surface area contributed by atoms with Crippen LogP contribution < -0.4 is 14.9 Å². The van der Waals surface area contributed by atoms with Gasteiger partial charge in [-0.1, -0.05) is 26.0 Å². The zero-order valence-electron chi connectivity index (χ0n) is 19.7. The fraction of sp³-hybridized carbons (Fsp3) is 0.148. The van der Waals surface area contributed by atoms with Crippen molar-refractivity contribution < 1.29 is 19.7 Å². The van der Waals surface area contributed by atoms with Gasteiger partial charge in [-0.15, -0.1) is 11.3 Å². The number of ether oxygens (including phenoxy) is 1. The number of nitrogens with zero attached hydrogens (tertiary/aromatic N) is 3. The summed E-state index contributed by atoms with van der Waals surface area (Å²) < 4.78 is 7.19. The molecule has 5 rings (SSSR count). The van der Waals surface area contributed by atoms with E-state index in [2.05, 4.69) is 36.4 Å². The molecule has 0 atom stereocenters. The van der Waals surface area contributed by atoms with Gasteiger partial charge in [-0.25, -0.2) is 9.67 Å². The van der Waals surface area contributed by atoms with E-state index in [-0.39, 0.29) is 24.0 Å². The van der Waals surface area contributed by atoms with Gasteiger partial charge in [0, 0.05) is 10.9 Å². The average Bonchev–Trinajstić information content (AvgIpc) is 3.26. The van der Waals surface area contributed by atoms with Crippen LogP contribution in [-0.2, 0) is 4.79 Å². The quantitative estimate of drug-likeness (QED) is 0.259. The largest absolute Gasteiger partial charge is 0.504 e. The van der Waals surface area contributed by atoms with Gasteiger partial charge in [-0.2, -0.15) is 5.10 Å². The van der Waals surface area contributed by atoms with E-state index in [1.807, 2.05) is 35.7 Å². The molecule has 1 aromatic heterocycles. The third kappa shape index (κ3) is 4.87. The summed E-state index contributed by atoms with van der Waals surface area (Å²) in [6.07, 6.45) is 1.58. The van der Waals surface area contributed by atoms with Gasteiger partial charge in [-0.05, 0) is 65.6 Å². The third-order valence-corrected chi connectivity index (χ3v) is 6.52. The van der Waals surface area contributed by atoms with E-state index < -0.39 is 0 Å². The first-order valence-electron chi connectivity index (χ1n) is 11.4. The first-order valence-corrected chi connectivity index (χ1v) is 12.2. The summed E-state index contributed by atoms with van der Waals surface area (Å²) in [7, 11) is 0. The lowest BCUT2D eigenvalue weighted by Crippen LogP contribution is -2.25. The molecule has 0 spiro atoms. The standard InChI is InChI=1S/C27H24N4O4S/c1-16(2)18-4-7-20(8-5-18)29-27-31(28-13-17-3-9-23(32)24(33)11-17)22(15-36-27)19-6-10-25-21(12-19)30-26(34)14-35-25/h3-13,15-16,32-33H,14H2,1-2H3,(H,30,34). The second kappa shape index (κ2) is 9.71. The first-order chi connectivity index (χ1) is 17.4. The highest BCUT2D eigenvalue weighted by Crippen LogP contribution is 2.33. The Balaban J connectivity index is 1.60. The van der Waals surface area contributed by atoms with Crippen molar-refractivity contribution in [1.29, 1.82) is 0 Å². The maximum absolute atomic E-state index is 11.8. The van der Waals surface area contributed by atoms with E-state index in [1.165, 1.54) is 29.0 Å². The van der Waals surface area contributed by atoms with Gasteiger partial charge < -0.3 is 20.3 Å². The second-order valence-corrected chi connectivity index (χ2v) is 9.45. The first kappa shape index (κ1) is 23.4. The molecule has 0 bridgehead atoms. The topological polar surface area (TPSA) is 108 Å². The van der Waals surface area contributed by atoms with E-state index >= 15 is 0 Å². The minimum atomic E-state index is -0.227. The average molecular weight is 501 g/mol. The summed E-state index contributed by atoms with van der Waals surface area (Å²) in [5.41, 5.74) is 4.81. The predicted molar refractivity (Wildman–Crippen MR) is 140 cm³/mol. The van der Waals surface area contributed by atoms with Crippen molar-refractivity contribution in [2.24, 2.45) is 10.1 Å². The van der Waals surface area contributed by atoms with Crippen LogP contribution >= 0.6 is 11.3 Å². The van der Waals surface area contributed by atoms with E-state index in [9.17, 15) is 15.0 Å². The van der Waals surface area contributed by atoms with Gasteiger partial charge in [0.2, 0.25) is 4.80 Å². The van der Waals surface area contributed by atoms with Crippen molar-refractivity contribution in [3.63, 3.8) is 0 Å². The molecule has 2 heterocycles. The van der Waals surface area contributed by atoms with E-state index in [1.54, 1.807) is 17.0 Å². The lowest BCUT2D eigenvalue weighted by molar-refractivity contribution is -0.118.